The second-order valence-corrected chi connectivity index (χ2v) is 6.62. The molecule has 26 heavy (non-hydrogen) atoms. The fourth-order valence-electron chi connectivity index (χ4n) is 3.33. The summed E-state index contributed by atoms with van der Waals surface area (Å²) in [5, 5.41) is 0.648. The number of hydrogen-bond acceptors (Lipinski definition) is 3. The molecule has 0 saturated heterocycles. The van der Waals surface area contributed by atoms with E-state index in [1.165, 1.54) is 17.2 Å². The first kappa shape index (κ1) is 18.9. The second-order valence-electron chi connectivity index (χ2n) is 5.90. The minimum Gasteiger partial charge on any atom is -0.325 e. The molecule has 6 heteroatoms. The third-order valence-corrected chi connectivity index (χ3v) is 4.99. The van der Waals surface area contributed by atoms with Crippen molar-refractivity contribution in [2.24, 2.45) is 0 Å². The Labute approximate surface area is 162 Å². The molecule has 1 aromatic heterocycles. The molecule has 0 spiro atoms. The van der Waals surface area contributed by atoms with Gasteiger partial charge in [-0.1, -0.05) is 37.6 Å². The normalized spacial score (nSPS) is 13.2. The van der Waals surface area contributed by atoms with E-state index in [1.54, 1.807) is 6.07 Å². The summed E-state index contributed by atoms with van der Waals surface area (Å²) < 4.78 is 14.0. The zero-order valence-corrected chi connectivity index (χ0v) is 16.5. The van der Waals surface area contributed by atoms with Gasteiger partial charge in [0.2, 0.25) is 5.28 Å². The van der Waals surface area contributed by atoms with Gasteiger partial charge in [0.1, 0.15) is 11.6 Å². The van der Waals surface area contributed by atoms with Crippen LogP contribution in [0.3, 0.4) is 0 Å². The van der Waals surface area contributed by atoms with Gasteiger partial charge < -0.3 is 4.90 Å². The second kappa shape index (κ2) is 7.77. The number of hydrogen-bond donors (Lipinski definition) is 0. The maximum atomic E-state index is 14.0. The molecule has 4 rings (SSSR count). The predicted octanol–water partition coefficient (Wildman–Crippen LogP) is 6.49. The van der Waals surface area contributed by atoms with Crippen LogP contribution in [0.5, 0.6) is 0 Å². The molecular formula is C20H20Cl2FN3. The van der Waals surface area contributed by atoms with Crippen LogP contribution >= 0.6 is 23.2 Å². The van der Waals surface area contributed by atoms with Gasteiger partial charge in [-0.3, -0.25) is 0 Å². The van der Waals surface area contributed by atoms with Crippen LogP contribution in [0, 0.1) is 12.7 Å². The highest BCUT2D eigenvalue weighted by Gasteiger charge is 2.24. The van der Waals surface area contributed by atoms with Gasteiger partial charge in [0, 0.05) is 12.2 Å². The van der Waals surface area contributed by atoms with Gasteiger partial charge in [0.05, 0.1) is 15.9 Å². The van der Waals surface area contributed by atoms with E-state index in [0.29, 0.717) is 16.7 Å². The molecule has 3 nitrogen and oxygen atoms in total. The number of anilines is 2. The van der Waals surface area contributed by atoms with Crippen LogP contribution in [0.25, 0.3) is 10.9 Å². The molecule has 1 aliphatic heterocycles. The van der Waals surface area contributed by atoms with Gasteiger partial charge >= 0.3 is 0 Å². The van der Waals surface area contributed by atoms with Crippen LogP contribution in [0.4, 0.5) is 15.9 Å². The summed E-state index contributed by atoms with van der Waals surface area (Å²) in [6.45, 7) is 6.87. The summed E-state index contributed by atoms with van der Waals surface area (Å²) in [6, 6.07) is 9.04. The Hall–Kier alpha value is -1.91. The predicted molar refractivity (Wildman–Crippen MR) is 107 cm³/mol. The number of benzene rings is 2. The average Bonchev–Trinajstić information content (AvgIpc) is 2.66. The van der Waals surface area contributed by atoms with Crippen molar-refractivity contribution in [3.63, 3.8) is 0 Å². The Kier molecular flexibility index (Phi) is 5.64. The topological polar surface area (TPSA) is 29.0 Å². The fraction of sp³-hybridized carbons (Fsp3) is 0.300. The van der Waals surface area contributed by atoms with Gasteiger partial charge in [0.25, 0.3) is 0 Å². The first-order valence-corrected chi connectivity index (χ1v) is 9.49. The summed E-state index contributed by atoms with van der Waals surface area (Å²) in [4.78, 5) is 10.6. The first-order chi connectivity index (χ1) is 12.6. The van der Waals surface area contributed by atoms with Gasteiger partial charge in [-0.2, -0.15) is 4.98 Å². The van der Waals surface area contributed by atoms with E-state index < -0.39 is 5.82 Å². The molecular weight excluding hydrogens is 372 g/mol. The van der Waals surface area contributed by atoms with E-state index in [9.17, 15) is 4.39 Å². The molecule has 136 valence electrons. The monoisotopic (exact) mass is 391 g/mol. The maximum Gasteiger partial charge on any atom is 0.224 e. The van der Waals surface area contributed by atoms with Crippen LogP contribution in [0.15, 0.2) is 30.3 Å². The zero-order valence-electron chi connectivity index (χ0n) is 15.0. The molecule has 2 heterocycles. The van der Waals surface area contributed by atoms with Crippen LogP contribution in [-0.4, -0.2) is 16.5 Å². The Bertz CT molecular complexity index is 959. The maximum absolute atomic E-state index is 14.0. The molecule has 1 aliphatic rings. The standard InChI is InChI=1S/C18H14Cl2FN3.C2H6/c1-10-4-2-6-14-11(10)5-3-9-24(14)17-15-13(22-18(20)23-17)8-7-12(21)16(15)19;1-2/h2,4,6-8H,3,5,9H2,1H3;1-2H3. The Morgan fingerprint density at radius 2 is 1.85 bits per heavy atom. The quantitative estimate of drug-likeness (QED) is 0.443. The number of halogens is 3. The van der Waals surface area contributed by atoms with Crippen molar-refractivity contribution in [2.45, 2.75) is 33.6 Å². The van der Waals surface area contributed by atoms with Crippen molar-refractivity contribution in [2.75, 3.05) is 11.4 Å². The highest BCUT2D eigenvalue weighted by molar-refractivity contribution is 6.37. The average molecular weight is 392 g/mol. The van der Waals surface area contributed by atoms with Crippen molar-refractivity contribution < 1.29 is 4.39 Å². The molecule has 0 saturated carbocycles. The molecule has 0 N–H and O–H groups in total. The van der Waals surface area contributed by atoms with E-state index in [1.807, 2.05) is 19.9 Å². The lowest BCUT2D eigenvalue weighted by molar-refractivity contribution is 0.630. The van der Waals surface area contributed by atoms with E-state index >= 15 is 0 Å². The van der Waals surface area contributed by atoms with Crippen LogP contribution in [0.1, 0.15) is 31.4 Å². The lowest BCUT2D eigenvalue weighted by atomic mass is 9.97. The van der Waals surface area contributed by atoms with Crippen LogP contribution < -0.4 is 4.90 Å². The van der Waals surface area contributed by atoms with Crippen molar-refractivity contribution in [1.82, 2.24) is 9.97 Å². The van der Waals surface area contributed by atoms with Crippen molar-refractivity contribution in [1.29, 1.82) is 0 Å². The summed E-state index contributed by atoms with van der Waals surface area (Å²) >= 11 is 12.3. The number of aromatic nitrogens is 2. The molecule has 2 aromatic carbocycles. The highest BCUT2D eigenvalue weighted by atomic mass is 35.5. The molecule has 0 bridgehead atoms. The van der Waals surface area contributed by atoms with E-state index in [0.717, 1.165) is 25.1 Å². The van der Waals surface area contributed by atoms with Gasteiger partial charge in [-0.05, 0) is 60.7 Å². The number of nitrogens with zero attached hydrogens (tertiary/aromatic N) is 3. The van der Waals surface area contributed by atoms with E-state index in [-0.39, 0.29) is 10.3 Å². The highest BCUT2D eigenvalue weighted by Crippen LogP contribution is 2.40. The van der Waals surface area contributed by atoms with Crippen molar-refractivity contribution in [3.8, 4) is 0 Å². The first-order valence-electron chi connectivity index (χ1n) is 8.73. The third-order valence-electron chi connectivity index (χ3n) is 4.45. The SMILES string of the molecule is CC.Cc1cccc2c1CCCN2c1nc(Cl)nc2ccc(F)c(Cl)c12. The van der Waals surface area contributed by atoms with Gasteiger partial charge in [-0.25, -0.2) is 9.37 Å². The largest absolute Gasteiger partial charge is 0.325 e. The summed E-state index contributed by atoms with van der Waals surface area (Å²) in [5.74, 6) is 0.0684. The number of rotatable bonds is 1. The molecule has 0 fully saturated rings. The molecule has 0 aliphatic carbocycles. The van der Waals surface area contributed by atoms with Crippen LogP contribution in [-0.2, 0) is 6.42 Å². The molecule has 0 atom stereocenters. The molecule has 3 aromatic rings. The van der Waals surface area contributed by atoms with Crippen molar-refractivity contribution in [3.05, 3.63) is 57.6 Å². The number of aryl methyl sites for hydroxylation is 1. The fourth-order valence-corrected chi connectivity index (χ4v) is 3.74. The Balaban J connectivity index is 0.000000948. The minimum atomic E-state index is -0.488. The van der Waals surface area contributed by atoms with Crippen LogP contribution in [0.2, 0.25) is 10.3 Å². The number of fused-ring (bicyclic) bond motifs is 2. The molecule has 0 unspecified atom stereocenters. The summed E-state index contributed by atoms with van der Waals surface area (Å²) in [7, 11) is 0. The molecule has 0 amide bonds. The van der Waals surface area contributed by atoms with E-state index in [2.05, 4.69) is 33.9 Å². The molecule has 0 radical (unpaired) electrons. The summed E-state index contributed by atoms with van der Waals surface area (Å²) in [6.07, 6.45) is 1.99. The lowest BCUT2D eigenvalue weighted by Crippen LogP contribution is -2.26. The van der Waals surface area contributed by atoms with Crippen molar-refractivity contribution >= 4 is 45.6 Å². The zero-order chi connectivity index (χ0) is 18.8. The van der Waals surface area contributed by atoms with E-state index in [4.69, 9.17) is 23.2 Å². The van der Waals surface area contributed by atoms with Gasteiger partial charge in [-0.15, -0.1) is 0 Å². The van der Waals surface area contributed by atoms with Gasteiger partial charge in [0.15, 0.2) is 0 Å². The minimum absolute atomic E-state index is 0.0268. The third kappa shape index (κ3) is 3.24. The Morgan fingerprint density at radius 1 is 1.08 bits per heavy atom. The smallest absolute Gasteiger partial charge is 0.224 e. The lowest BCUT2D eigenvalue weighted by Gasteiger charge is -2.32. The Morgan fingerprint density at radius 3 is 2.62 bits per heavy atom. The summed E-state index contributed by atoms with van der Waals surface area (Å²) in [5.41, 5.74) is 4.12.